The van der Waals surface area contributed by atoms with Gasteiger partial charge in [0.25, 0.3) is 0 Å². The van der Waals surface area contributed by atoms with Crippen LogP contribution >= 0.6 is 11.6 Å². The maximum Gasteiger partial charge on any atom is 0.500 e. The summed E-state index contributed by atoms with van der Waals surface area (Å²) in [6.07, 6.45) is 7.29. The van der Waals surface area contributed by atoms with Crippen molar-refractivity contribution >= 4 is 31.4 Å². The van der Waals surface area contributed by atoms with E-state index in [0.717, 1.165) is 24.8 Å². The second kappa shape index (κ2) is 16.0. The first-order valence-corrected chi connectivity index (χ1v) is 10.2. The summed E-state index contributed by atoms with van der Waals surface area (Å²) in [7, 11) is -2.39. The highest BCUT2D eigenvalue weighted by atomic mass is 35.5. The smallest absolute Gasteiger partial charge is 0.374 e. The Morgan fingerprint density at radius 3 is 1.50 bits per heavy atom. The molecule has 0 aliphatic heterocycles. The van der Waals surface area contributed by atoms with Gasteiger partial charge in [-0.05, 0) is 44.6 Å². The van der Waals surface area contributed by atoms with Crippen LogP contribution in [0.4, 0.5) is 0 Å². The SMILES string of the molecule is CCO[Si](CCCCCCCCCl)(OCC)OCC.[SiH4]. The highest BCUT2D eigenvalue weighted by Gasteiger charge is 2.39. The lowest BCUT2D eigenvalue weighted by molar-refractivity contribution is 0.0706. The van der Waals surface area contributed by atoms with Gasteiger partial charge in [-0.2, -0.15) is 0 Å². The Morgan fingerprint density at radius 1 is 0.700 bits per heavy atom. The Morgan fingerprint density at radius 2 is 1.10 bits per heavy atom. The minimum atomic E-state index is -2.39. The van der Waals surface area contributed by atoms with Gasteiger partial charge in [-0.25, -0.2) is 0 Å². The van der Waals surface area contributed by atoms with Crippen LogP contribution in [0.2, 0.25) is 6.04 Å². The zero-order valence-electron chi connectivity index (χ0n) is 12.9. The number of rotatable bonds is 14. The van der Waals surface area contributed by atoms with Crippen LogP contribution in [0, 0.1) is 0 Å². The molecule has 0 fully saturated rings. The largest absolute Gasteiger partial charge is 0.500 e. The van der Waals surface area contributed by atoms with E-state index < -0.39 is 8.80 Å². The molecule has 124 valence electrons. The molecule has 0 aromatic rings. The van der Waals surface area contributed by atoms with Crippen molar-refractivity contribution in [3.05, 3.63) is 0 Å². The van der Waals surface area contributed by atoms with E-state index in [4.69, 9.17) is 24.9 Å². The first-order chi connectivity index (χ1) is 9.24. The van der Waals surface area contributed by atoms with Gasteiger partial charge in [-0.1, -0.05) is 25.7 Å². The molecule has 0 bridgehead atoms. The number of hydrogen-bond donors (Lipinski definition) is 0. The molecule has 0 aliphatic carbocycles. The molecule has 0 saturated heterocycles. The van der Waals surface area contributed by atoms with Gasteiger partial charge in [-0.15, -0.1) is 11.6 Å². The van der Waals surface area contributed by atoms with Crippen LogP contribution < -0.4 is 0 Å². The molecule has 0 unspecified atom stereocenters. The molecule has 0 atom stereocenters. The van der Waals surface area contributed by atoms with Gasteiger partial charge < -0.3 is 13.3 Å². The minimum absolute atomic E-state index is 0. The first kappa shape index (κ1) is 22.9. The van der Waals surface area contributed by atoms with Crippen LogP contribution in [-0.2, 0) is 13.3 Å². The molecule has 0 N–H and O–H groups in total. The van der Waals surface area contributed by atoms with E-state index in [0.29, 0.717) is 19.8 Å². The van der Waals surface area contributed by atoms with Gasteiger partial charge in [0.1, 0.15) is 0 Å². The maximum atomic E-state index is 5.83. The predicted octanol–water partition coefficient (Wildman–Crippen LogP) is 3.16. The second-order valence-electron chi connectivity index (χ2n) is 4.54. The molecule has 0 amide bonds. The molecule has 3 nitrogen and oxygen atoms in total. The van der Waals surface area contributed by atoms with E-state index >= 15 is 0 Å². The monoisotopic (exact) mass is 342 g/mol. The fourth-order valence-corrected chi connectivity index (χ4v) is 5.02. The Labute approximate surface area is 136 Å². The third-order valence-electron chi connectivity index (χ3n) is 2.96. The third-order valence-corrected chi connectivity index (χ3v) is 6.38. The van der Waals surface area contributed by atoms with Crippen molar-refractivity contribution in [2.24, 2.45) is 0 Å². The van der Waals surface area contributed by atoms with Crippen molar-refractivity contribution in [3.8, 4) is 0 Å². The average Bonchev–Trinajstić information content (AvgIpc) is 2.39. The van der Waals surface area contributed by atoms with E-state index in [2.05, 4.69) is 0 Å². The third kappa shape index (κ3) is 11.3. The molecular weight excluding hydrogens is 308 g/mol. The molecule has 0 aromatic carbocycles. The molecule has 6 heteroatoms. The normalized spacial score (nSPS) is 11.4. The maximum absolute atomic E-state index is 5.83. The summed E-state index contributed by atoms with van der Waals surface area (Å²) >= 11 is 5.66. The summed E-state index contributed by atoms with van der Waals surface area (Å²) in [5, 5.41) is 0. The van der Waals surface area contributed by atoms with Gasteiger partial charge >= 0.3 is 8.80 Å². The van der Waals surface area contributed by atoms with Gasteiger partial charge in [0.15, 0.2) is 0 Å². The molecule has 0 aromatic heterocycles. The van der Waals surface area contributed by atoms with Crippen LogP contribution in [0.5, 0.6) is 0 Å². The second-order valence-corrected chi connectivity index (χ2v) is 7.65. The van der Waals surface area contributed by atoms with Crippen LogP contribution in [0.25, 0.3) is 0 Å². The van der Waals surface area contributed by atoms with Gasteiger partial charge in [0, 0.05) is 31.7 Å². The Kier molecular flexibility index (Phi) is 18.3. The number of alkyl halides is 1. The van der Waals surface area contributed by atoms with E-state index in [1.807, 2.05) is 20.8 Å². The predicted molar refractivity (Wildman–Crippen MR) is 95.2 cm³/mol. The molecule has 0 rings (SSSR count). The standard InChI is InChI=1S/C14H31ClO3Si.H4Si/c1-4-16-19(17-5-2,18-6-3)14-12-10-8-7-9-11-13-15;/h4-14H2,1-3H3;1H4. The molecular formula is C14H35ClO3Si2. The van der Waals surface area contributed by atoms with Crippen molar-refractivity contribution in [2.45, 2.75) is 65.3 Å². The molecule has 0 heterocycles. The summed E-state index contributed by atoms with van der Waals surface area (Å²) in [5.74, 6) is 0.787. The Balaban J connectivity index is 0. The summed E-state index contributed by atoms with van der Waals surface area (Å²) in [6, 6.07) is 0.942. The topological polar surface area (TPSA) is 27.7 Å². The molecule has 0 spiro atoms. The van der Waals surface area contributed by atoms with Gasteiger partial charge in [-0.3, -0.25) is 0 Å². The lowest BCUT2D eigenvalue weighted by atomic mass is 10.1. The van der Waals surface area contributed by atoms with Crippen molar-refractivity contribution in [1.29, 1.82) is 0 Å². The summed E-state index contributed by atoms with van der Waals surface area (Å²) < 4.78 is 17.5. The highest BCUT2D eigenvalue weighted by molar-refractivity contribution is 6.60. The number of halogens is 1. The van der Waals surface area contributed by atoms with E-state index in [9.17, 15) is 0 Å². The van der Waals surface area contributed by atoms with Crippen molar-refractivity contribution in [3.63, 3.8) is 0 Å². The van der Waals surface area contributed by atoms with Crippen molar-refractivity contribution < 1.29 is 13.3 Å². The van der Waals surface area contributed by atoms with Crippen molar-refractivity contribution in [1.82, 2.24) is 0 Å². The quantitative estimate of drug-likeness (QED) is 0.276. The van der Waals surface area contributed by atoms with Crippen molar-refractivity contribution in [2.75, 3.05) is 25.7 Å². The summed E-state index contributed by atoms with van der Waals surface area (Å²) in [5.41, 5.74) is 0. The molecule has 0 aliphatic rings. The zero-order chi connectivity index (χ0) is 14.4. The molecule has 0 saturated carbocycles. The molecule has 20 heavy (non-hydrogen) atoms. The fraction of sp³-hybridized carbons (Fsp3) is 1.00. The van der Waals surface area contributed by atoms with E-state index in [1.54, 1.807) is 0 Å². The molecule has 0 radical (unpaired) electrons. The lowest BCUT2D eigenvalue weighted by Gasteiger charge is -2.28. The van der Waals surface area contributed by atoms with E-state index in [-0.39, 0.29) is 11.0 Å². The fourth-order valence-electron chi connectivity index (χ4n) is 2.14. The lowest BCUT2D eigenvalue weighted by Crippen LogP contribution is -2.45. The minimum Gasteiger partial charge on any atom is -0.374 e. The van der Waals surface area contributed by atoms with Crippen LogP contribution in [0.1, 0.15) is 59.3 Å². The average molecular weight is 343 g/mol. The Hall–Kier alpha value is 0.604. The summed E-state index contributed by atoms with van der Waals surface area (Å²) in [6.45, 7) is 8.02. The van der Waals surface area contributed by atoms with Crippen LogP contribution in [-0.4, -0.2) is 45.5 Å². The van der Waals surface area contributed by atoms with Crippen LogP contribution in [0.3, 0.4) is 0 Å². The zero-order valence-corrected chi connectivity index (χ0v) is 14.6. The Bertz CT molecular complexity index is 180. The number of unbranched alkanes of at least 4 members (excludes halogenated alkanes) is 5. The number of hydrogen-bond acceptors (Lipinski definition) is 3. The van der Waals surface area contributed by atoms with Gasteiger partial charge in [0.2, 0.25) is 0 Å². The highest BCUT2D eigenvalue weighted by Crippen LogP contribution is 2.20. The van der Waals surface area contributed by atoms with E-state index in [1.165, 1.54) is 25.7 Å². The van der Waals surface area contributed by atoms with Crippen LogP contribution in [0.15, 0.2) is 0 Å². The van der Waals surface area contributed by atoms with Gasteiger partial charge in [0.05, 0.1) is 0 Å². The summed E-state index contributed by atoms with van der Waals surface area (Å²) in [4.78, 5) is 0. The first-order valence-electron chi connectivity index (χ1n) is 7.72.